The maximum absolute atomic E-state index is 12.1. The molecule has 1 heterocycles. The minimum Gasteiger partial charge on any atom is -0.298 e. The molecule has 1 amide bonds. The fourth-order valence-corrected chi connectivity index (χ4v) is 3.24. The van der Waals surface area contributed by atoms with Crippen molar-refractivity contribution in [2.45, 2.75) is 19.8 Å². The molecule has 26 heavy (non-hydrogen) atoms. The Hall–Kier alpha value is -2.43. The molecule has 3 aromatic rings. The van der Waals surface area contributed by atoms with Crippen LogP contribution in [0.1, 0.15) is 30.9 Å². The molecule has 0 radical (unpaired) electrons. The van der Waals surface area contributed by atoms with Crippen molar-refractivity contribution in [2.24, 2.45) is 0 Å². The van der Waals surface area contributed by atoms with E-state index in [0.29, 0.717) is 16.1 Å². The highest BCUT2D eigenvalue weighted by molar-refractivity contribution is 7.14. The Morgan fingerprint density at radius 2 is 1.81 bits per heavy atom. The molecule has 0 spiro atoms. The summed E-state index contributed by atoms with van der Waals surface area (Å²) in [5.41, 5.74) is 4.12. The molecule has 2 aromatic carbocycles. The summed E-state index contributed by atoms with van der Waals surface area (Å²) in [4.78, 5) is 16.6. The first-order valence-electron chi connectivity index (χ1n) is 8.32. The predicted octanol–water partition coefficient (Wildman–Crippen LogP) is 6.24. The van der Waals surface area contributed by atoms with Gasteiger partial charge in [0.1, 0.15) is 0 Å². The van der Waals surface area contributed by atoms with Gasteiger partial charge in [0.05, 0.1) is 5.69 Å². The second-order valence-corrected chi connectivity index (χ2v) is 7.48. The van der Waals surface area contributed by atoms with Crippen molar-refractivity contribution in [1.82, 2.24) is 4.98 Å². The Morgan fingerprint density at radius 3 is 2.46 bits per heavy atom. The summed E-state index contributed by atoms with van der Waals surface area (Å²) in [5, 5.41) is 6.00. The highest BCUT2D eigenvalue weighted by Gasteiger charge is 2.07. The molecule has 0 atom stereocenters. The van der Waals surface area contributed by atoms with Gasteiger partial charge < -0.3 is 0 Å². The molecular formula is C21H19ClN2OS. The van der Waals surface area contributed by atoms with Crippen molar-refractivity contribution >= 4 is 40.1 Å². The molecule has 0 saturated heterocycles. The van der Waals surface area contributed by atoms with Gasteiger partial charge in [0.15, 0.2) is 5.13 Å². The molecule has 0 aliphatic heterocycles. The maximum Gasteiger partial charge on any atom is 0.250 e. The van der Waals surface area contributed by atoms with Crippen LogP contribution in [0.4, 0.5) is 5.13 Å². The molecule has 0 aliphatic rings. The van der Waals surface area contributed by atoms with Crippen molar-refractivity contribution in [1.29, 1.82) is 0 Å². The van der Waals surface area contributed by atoms with Crippen LogP contribution in [0.3, 0.4) is 0 Å². The van der Waals surface area contributed by atoms with E-state index in [2.05, 4.69) is 48.4 Å². The number of amides is 1. The minimum atomic E-state index is -0.212. The number of rotatable bonds is 5. The normalized spacial score (nSPS) is 11.2. The molecule has 3 nitrogen and oxygen atoms in total. The van der Waals surface area contributed by atoms with Gasteiger partial charge >= 0.3 is 0 Å². The number of thiazole rings is 1. The highest BCUT2D eigenvalue weighted by Crippen LogP contribution is 2.26. The Kier molecular flexibility index (Phi) is 5.86. The van der Waals surface area contributed by atoms with Crippen LogP contribution in [0.25, 0.3) is 17.3 Å². The third-order valence-electron chi connectivity index (χ3n) is 3.90. The molecule has 0 aliphatic carbocycles. The van der Waals surface area contributed by atoms with Crippen LogP contribution in [0, 0.1) is 0 Å². The Bertz CT molecular complexity index is 912. The van der Waals surface area contributed by atoms with Crippen LogP contribution < -0.4 is 5.32 Å². The van der Waals surface area contributed by atoms with Crippen LogP contribution in [0.5, 0.6) is 0 Å². The molecule has 1 N–H and O–H groups in total. The van der Waals surface area contributed by atoms with Crippen molar-refractivity contribution in [2.75, 3.05) is 5.32 Å². The van der Waals surface area contributed by atoms with Crippen LogP contribution in [-0.2, 0) is 4.79 Å². The van der Waals surface area contributed by atoms with E-state index in [1.807, 2.05) is 17.5 Å². The summed E-state index contributed by atoms with van der Waals surface area (Å²) in [6.07, 6.45) is 3.23. The first kappa shape index (κ1) is 18.4. The lowest BCUT2D eigenvalue weighted by atomic mass is 10.0. The van der Waals surface area contributed by atoms with Crippen molar-refractivity contribution in [3.63, 3.8) is 0 Å². The van der Waals surface area contributed by atoms with Gasteiger partial charge in [-0.15, -0.1) is 11.3 Å². The molecule has 0 saturated carbocycles. The molecule has 0 fully saturated rings. The summed E-state index contributed by atoms with van der Waals surface area (Å²) in [7, 11) is 0. The molecule has 0 unspecified atom stereocenters. The van der Waals surface area contributed by atoms with E-state index in [1.165, 1.54) is 23.0 Å². The zero-order chi connectivity index (χ0) is 18.5. The number of anilines is 1. The first-order chi connectivity index (χ1) is 12.5. The topological polar surface area (TPSA) is 42.0 Å². The molecule has 3 rings (SSSR count). The van der Waals surface area contributed by atoms with Crippen LogP contribution in [-0.4, -0.2) is 10.9 Å². The zero-order valence-corrected chi connectivity index (χ0v) is 16.1. The van der Waals surface area contributed by atoms with E-state index in [9.17, 15) is 4.79 Å². The van der Waals surface area contributed by atoms with Gasteiger partial charge in [-0.25, -0.2) is 4.98 Å². The van der Waals surface area contributed by atoms with Gasteiger partial charge in [-0.2, -0.15) is 0 Å². The molecular weight excluding hydrogens is 364 g/mol. The predicted molar refractivity (Wildman–Crippen MR) is 111 cm³/mol. The summed E-state index contributed by atoms with van der Waals surface area (Å²) < 4.78 is 0. The summed E-state index contributed by atoms with van der Waals surface area (Å²) >= 11 is 7.26. The average molecular weight is 383 g/mol. The first-order valence-corrected chi connectivity index (χ1v) is 9.57. The number of halogens is 1. The Labute approximate surface area is 162 Å². The van der Waals surface area contributed by atoms with Gasteiger partial charge in [-0.1, -0.05) is 61.8 Å². The van der Waals surface area contributed by atoms with Crippen molar-refractivity contribution in [3.8, 4) is 11.3 Å². The van der Waals surface area contributed by atoms with Gasteiger partial charge in [0.2, 0.25) is 5.91 Å². The molecule has 5 heteroatoms. The fourth-order valence-electron chi connectivity index (χ4n) is 2.40. The van der Waals surface area contributed by atoms with Crippen molar-refractivity contribution < 1.29 is 4.79 Å². The number of hydrogen-bond acceptors (Lipinski definition) is 3. The van der Waals surface area contributed by atoms with E-state index in [1.54, 1.807) is 18.2 Å². The molecule has 0 bridgehead atoms. The van der Waals surface area contributed by atoms with E-state index in [-0.39, 0.29) is 5.91 Å². The van der Waals surface area contributed by atoms with E-state index < -0.39 is 0 Å². The average Bonchev–Trinajstić information content (AvgIpc) is 3.10. The van der Waals surface area contributed by atoms with Crippen LogP contribution >= 0.6 is 22.9 Å². The van der Waals surface area contributed by atoms with Gasteiger partial charge in [-0.3, -0.25) is 10.1 Å². The van der Waals surface area contributed by atoms with E-state index >= 15 is 0 Å². The second-order valence-electron chi connectivity index (χ2n) is 6.19. The number of hydrogen-bond donors (Lipinski definition) is 1. The molecule has 132 valence electrons. The number of carbonyl (C=O) groups excluding carboxylic acids is 1. The smallest absolute Gasteiger partial charge is 0.250 e. The van der Waals surface area contributed by atoms with E-state index in [4.69, 9.17) is 11.6 Å². The van der Waals surface area contributed by atoms with Crippen LogP contribution in [0.2, 0.25) is 5.02 Å². The fraction of sp³-hybridized carbons (Fsp3) is 0.143. The zero-order valence-electron chi connectivity index (χ0n) is 14.6. The summed E-state index contributed by atoms with van der Waals surface area (Å²) in [5.74, 6) is 0.290. The van der Waals surface area contributed by atoms with Crippen molar-refractivity contribution in [3.05, 3.63) is 76.1 Å². The summed E-state index contributed by atoms with van der Waals surface area (Å²) in [6, 6.07) is 15.7. The highest BCUT2D eigenvalue weighted by atomic mass is 35.5. The number of nitrogens with zero attached hydrogens (tertiary/aromatic N) is 1. The lowest BCUT2D eigenvalue weighted by Crippen LogP contribution is -2.07. The SMILES string of the molecule is CC(C)c1ccc(-c2csc(NC(=O)C=Cc3ccc(Cl)cc3)n2)cc1. The van der Waals surface area contributed by atoms with E-state index in [0.717, 1.165) is 16.8 Å². The third-order valence-corrected chi connectivity index (χ3v) is 4.91. The second kappa shape index (κ2) is 8.30. The lowest BCUT2D eigenvalue weighted by Gasteiger charge is -2.05. The lowest BCUT2D eigenvalue weighted by molar-refractivity contribution is -0.111. The number of aromatic nitrogens is 1. The number of nitrogens with one attached hydrogen (secondary N) is 1. The monoisotopic (exact) mass is 382 g/mol. The van der Waals surface area contributed by atoms with Crippen LogP contribution in [0.15, 0.2) is 60.0 Å². The van der Waals surface area contributed by atoms with Gasteiger partial charge in [0.25, 0.3) is 0 Å². The maximum atomic E-state index is 12.1. The summed E-state index contributed by atoms with van der Waals surface area (Å²) in [6.45, 7) is 4.34. The molecule has 1 aromatic heterocycles. The number of carbonyl (C=O) groups is 1. The Balaban J connectivity index is 1.64. The van der Waals surface area contributed by atoms with Gasteiger partial charge in [-0.05, 0) is 35.3 Å². The Morgan fingerprint density at radius 1 is 1.12 bits per heavy atom. The standard InChI is InChI=1S/C21H19ClN2OS/c1-14(2)16-6-8-17(9-7-16)19-13-26-21(23-19)24-20(25)12-5-15-3-10-18(22)11-4-15/h3-14H,1-2H3,(H,23,24,25). The quantitative estimate of drug-likeness (QED) is 0.530. The minimum absolute atomic E-state index is 0.212. The largest absolute Gasteiger partial charge is 0.298 e. The van der Waals surface area contributed by atoms with Gasteiger partial charge in [0, 0.05) is 22.0 Å². The third kappa shape index (κ3) is 4.81. The number of benzene rings is 2.